The molecule has 0 aliphatic rings. The quantitative estimate of drug-likeness (QED) is 0.647. The minimum atomic E-state index is -0.447. The Bertz CT molecular complexity index is 585. The van der Waals surface area contributed by atoms with Gasteiger partial charge >= 0.3 is 5.69 Å². The first-order chi connectivity index (χ1) is 9.70. The molecule has 5 nitrogen and oxygen atoms in total. The summed E-state index contributed by atoms with van der Waals surface area (Å²) < 4.78 is 5.52. The van der Waals surface area contributed by atoms with Crippen molar-refractivity contribution < 1.29 is 9.66 Å². The molecule has 0 bridgehead atoms. The number of ether oxygens (including phenoxy) is 1. The van der Waals surface area contributed by atoms with Crippen molar-refractivity contribution in [1.29, 1.82) is 0 Å². The number of hydrogen-bond acceptors (Lipinski definition) is 4. The molecule has 0 amide bonds. The Morgan fingerprint density at radius 1 is 1.10 bits per heavy atom. The van der Waals surface area contributed by atoms with Crippen molar-refractivity contribution in [1.82, 2.24) is 0 Å². The van der Waals surface area contributed by atoms with E-state index in [2.05, 4.69) is 0 Å². The van der Waals surface area contributed by atoms with Gasteiger partial charge in [0.2, 0.25) is 0 Å². The maximum atomic E-state index is 11.0. The lowest BCUT2D eigenvalue weighted by Gasteiger charge is -2.08. The van der Waals surface area contributed by atoms with Crippen molar-refractivity contribution in [2.24, 2.45) is 5.73 Å². The number of nitrogens with two attached hydrogens (primary N) is 1. The molecule has 2 N–H and O–H groups in total. The Balaban J connectivity index is 2.04. The van der Waals surface area contributed by atoms with Crippen LogP contribution in [0.15, 0.2) is 48.5 Å². The minimum Gasteiger partial charge on any atom is -0.486 e. The van der Waals surface area contributed by atoms with E-state index in [4.69, 9.17) is 10.5 Å². The van der Waals surface area contributed by atoms with Crippen molar-refractivity contribution in [3.8, 4) is 5.75 Å². The summed E-state index contributed by atoms with van der Waals surface area (Å²) >= 11 is 0. The van der Waals surface area contributed by atoms with Crippen molar-refractivity contribution in [2.75, 3.05) is 6.61 Å². The third-order valence-corrected chi connectivity index (χ3v) is 2.95. The highest BCUT2D eigenvalue weighted by Gasteiger charge is 2.15. The average Bonchev–Trinajstić information content (AvgIpc) is 2.48. The molecule has 2 aromatic rings. The van der Waals surface area contributed by atoms with Crippen LogP contribution in [0.25, 0.3) is 0 Å². The third-order valence-electron chi connectivity index (χ3n) is 2.95. The van der Waals surface area contributed by atoms with Crippen molar-refractivity contribution in [3.05, 3.63) is 69.8 Å². The van der Waals surface area contributed by atoms with Gasteiger partial charge in [-0.05, 0) is 17.2 Å². The van der Waals surface area contributed by atoms with Crippen LogP contribution in [0.5, 0.6) is 5.75 Å². The minimum absolute atomic E-state index is 0.0407. The molecule has 0 aliphatic heterocycles. The molecule has 0 aromatic heterocycles. The monoisotopic (exact) mass is 272 g/mol. The van der Waals surface area contributed by atoms with E-state index in [0.29, 0.717) is 18.6 Å². The van der Waals surface area contributed by atoms with Gasteiger partial charge in [0.15, 0.2) is 5.75 Å². The van der Waals surface area contributed by atoms with Gasteiger partial charge in [-0.3, -0.25) is 10.1 Å². The highest BCUT2D eigenvalue weighted by molar-refractivity contribution is 5.48. The van der Waals surface area contributed by atoms with Gasteiger partial charge in [-0.1, -0.05) is 36.4 Å². The van der Waals surface area contributed by atoms with E-state index in [1.165, 1.54) is 6.07 Å². The summed E-state index contributed by atoms with van der Waals surface area (Å²) in [6, 6.07) is 14.6. The molecule has 2 aromatic carbocycles. The van der Waals surface area contributed by atoms with E-state index in [-0.39, 0.29) is 18.0 Å². The largest absolute Gasteiger partial charge is 0.486 e. The molecule has 0 saturated carbocycles. The topological polar surface area (TPSA) is 78.4 Å². The predicted molar refractivity (Wildman–Crippen MR) is 76.6 cm³/mol. The van der Waals surface area contributed by atoms with Crippen LogP contribution in [0, 0.1) is 10.1 Å². The lowest BCUT2D eigenvalue weighted by molar-refractivity contribution is -0.385. The van der Waals surface area contributed by atoms with Crippen LogP contribution in [0.1, 0.15) is 11.1 Å². The van der Waals surface area contributed by atoms with E-state index in [1.54, 1.807) is 12.1 Å². The SMILES string of the molecule is NCc1ccc(OCCc2ccccc2)c([N+](=O)[O-])c1. The maximum absolute atomic E-state index is 11.0. The summed E-state index contributed by atoms with van der Waals surface area (Å²) in [7, 11) is 0. The predicted octanol–water partition coefficient (Wildman–Crippen LogP) is 2.68. The molecule has 0 fully saturated rings. The zero-order valence-electron chi connectivity index (χ0n) is 11.0. The first-order valence-electron chi connectivity index (χ1n) is 6.35. The standard InChI is InChI=1S/C15H16N2O3/c16-11-13-6-7-15(14(10-13)17(18)19)20-9-8-12-4-2-1-3-5-12/h1-7,10H,8-9,11,16H2. The molecule has 104 valence electrons. The number of benzene rings is 2. The molecule has 0 unspecified atom stereocenters. The Morgan fingerprint density at radius 2 is 1.85 bits per heavy atom. The number of nitro groups is 1. The van der Waals surface area contributed by atoms with Crippen LogP contribution >= 0.6 is 0 Å². The second kappa shape index (κ2) is 6.68. The summed E-state index contributed by atoms with van der Waals surface area (Å²) in [5.74, 6) is 0.281. The molecule has 0 aliphatic carbocycles. The van der Waals surface area contributed by atoms with E-state index in [9.17, 15) is 10.1 Å². The highest BCUT2D eigenvalue weighted by Crippen LogP contribution is 2.28. The maximum Gasteiger partial charge on any atom is 0.311 e. The van der Waals surface area contributed by atoms with Crippen LogP contribution in [0.2, 0.25) is 0 Å². The van der Waals surface area contributed by atoms with Gasteiger partial charge in [0.1, 0.15) is 0 Å². The Labute approximate surface area is 117 Å². The van der Waals surface area contributed by atoms with E-state index >= 15 is 0 Å². The Kier molecular flexibility index (Phi) is 4.68. The van der Waals surface area contributed by atoms with Gasteiger partial charge in [-0.2, -0.15) is 0 Å². The molecule has 5 heteroatoms. The number of hydrogen-bond donors (Lipinski definition) is 1. The van der Waals surface area contributed by atoms with Crippen LogP contribution in [0.3, 0.4) is 0 Å². The fourth-order valence-corrected chi connectivity index (χ4v) is 1.88. The third kappa shape index (κ3) is 3.55. The van der Waals surface area contributed by atoms with Crippen LogP contribution < -0.4 is 10.5 Å². The fraction of sp³-hybridized carbons (Fsp3) is 0.200. The summed E-state index contributed by atoms with van der Waals surface area (Å²) in [6.07, 6.45) is 0.705. The molecule has 0 saturated heterocycles. The van der Waals surface area contributed by atoms with Gasteiger partial charge in [-0.15, -0.1) is 0 Å². The van der Waals surface area contributed by atoms with Crippen LogP contribution in [0.4, 0.5) is 5.69 Å². The summed E-state index contributed by atoms with van der Waals surface area (Å²) in [5.41, 5.74) is 7.29. The smallest absolute Gasteiger partial charge is 0.311 e. The van der Waals surface area contributed by atoms with E-state index in [0.717, 1.165) is 5.56 Å². The first-order valence-corrected chi connectivity index (χ1v) is 6.35. The first kappa shape index (κ1) is 14.0. The summed E-state index contributed by atoms with van der Waals surface area (Å²) in [6.45, 7) is 0.665. The van der Waals surface area contributed by atoms with E-state index in [1.807, 2.05) is 30.3 Å². The molecular formula is C15H16N2O3. The van der Waals surface area contributed by atoms with Gasteiger partial charge in [-0.25, -0.2) is 0 Å². The zero-order valence-corrected chi connectivity index (χ0v) is 11.0. The average molecular weight is 272 g/mol. The molecule has 2 rings (SSSR count). The zero-order chi connectivity index (χ0) is 14.4. The van der Waals surface area contributed by atoms with Crippen LogP contribution in [-0.2, 0) is 13.0 Å². The van der Waals surface area contributed by atoms with Gasteiger partial charge < -0.3 is 10.5 Å². The molecule has 0 atom stereocenters. The molecule has 0 spiro atoms. The summed E-state index contributed by atoms with van der Waals surface area (Å²) in [5, 5.41) is 11.0. The molecular weight excluding hydrogens is 256 g/mol. The number of nitrogens with zero attached hydrogens (tertiary/aromatic N) is 1. The molecule has 0 heterocycles. The Morgan fingerprint density at radius 3 is 2.50 bits per heavy atom. The number of rotatable bonds is 6. The normalized spacial score (nSPS) is 10.2. The molecule has 0 radical (unpaired) electrons. The molecule has 20 heavy (non-hydrogen) atoms. The number of nitro benzene ring substituents is 1. The van der Waals surface area contributed by atoms with Gasteiger partial charge in [0, 0.05) is 19.0 Å². The van der Waals surface area contributed by atoms with E-state index < -0.39 is 4.92 Å². The highest BCUT2D eigenvalue weighted by atomic mass is 16.6. The van der Waals surface area contributed by atoms with Crippen LogP contribution in [-0.4, -0.2) is 11.5 Å². The fourth-order valence-electron chi connectivity index (χ4n) is 1.88. The van der Waals surface area contributed by atoms with Crippen molar-refractivity contribution >= 4 is 5.69 Å². The second-order valence-electron chi connectivity index (χ2n) is 4.35. The summed E-state index contributed by atoms with van der Waals surface area (Å²) in [4.78, 5) is 10.6. The second-order valence-corrected chi connectivity index (χ2v) is 4.35. The lowest BCUT2D eigenvalue weighted by atomic mass is 10.1. The van der Waals surface area contributed by atoms with Crippen molar-refractivity contribution in [3.63, 3.8) is 0 Å². The Hall–Kier alpha value is -2.40. The van der Waals surface area contributed by atoms with Crippen molar-refractivity contribution in [2.45, 2.75) is 13.0 Å². The lowest BCUT2D eigenvalue weighted by Crippen LogP contribution is -2.05. The van der Waals surface area contributed by atoms with Gasteiger partial charge in [0.05, 0.1) is 11.5 Å². The van der Waals surface area contributed by atoms with Gasteiger partial charge in [0.25, 0.3) is 0 Å².